The molecule has 0 radical (unpaired) electrons. The molecule has 1 unspecified atom stereocenters. The van der Waals surface area contributed by atoms with Gasteiger partial charge in [0, 0.05) is 11.3 Å². The van der Waals surface area contributed by atoms with Gasteiger partial charge < -0.3 is 14.0 Å². The van der Waals surface area contributed by atoms with Crippen LogP contribution in [0.15, 0.2) is 24.3 Å². The Labute approximate surface area is 79.3 Å². The molecule has 0 saturated heterocycles. The quantitative estimate of drug-likeness (QED) is 0.745. The van der Waals surface area contributed by atoms with E-state index < -0.39 is 11.3 Å². The molecule has 0 aliphatic carbocycles. The minimum Gasteiger partial charge on any atom is -0.755 e. The smallest absolute Gasteiger partial charge is 0.143 e. The van der Waals surface area contributed by atoms with Crippen LogP contribution in [0.1, 0.15) is 6.92 Å². The normalized spacial score (nSPS) is 12.2. The van der Waals surface area contributed by atoms with Gasteiger partial charge in [-0.3, -0.25) is 4.21 Å². The number of anilines is 1. The van der Waals surface area contributed by atoms with Crippen LogP contribution in [0.4, 0.5) is 5.69 Å². The molecule has 0 fully saturated rings. The molecule has 0 saturated carbocycles. The van der Waals surface area contributed by atoms with Crippen LogP contribution in [0.25, 0.3) is 0 Å². The van der Waals surface area contributed by atoms with Crippen molar-refractivity contribution in [1.29, 1.82) is 0 Å². The SMILES string of the molecule is CCOc1ccccc1NS(=O)[O-]. The molecule has 1 aromatic rings. The summed E-state index contributed by atoms with van der Waals surface area (Å²) in [6.45, 7) is 2.34. The van der Waals surface area contributed by atoms with Gasteiger partial charge in [0.1, 0.15) is 5.75 Å². The van der Waals surface area contributed by atoms with Gasteiger partial charge in [0.05, 0.1) is 12.3 Å². The van der Waals surface area contributed by atoms with E-state index in [1.54, 1.807) is 24.3 Å². The van der Waals surface area contributed by atoms with Gasteiger partial charge in [-0.05, 0) is 19.1 Å². The van der Waals surface area contributed by atoms with Crippen molar-refractivity contribution >= 4 is 17.0 Å². The second-order valence-corrected chi connectivity index (χ2v) is 2.94. The van der Waals surface area contributed by atoms with Crippen molar-refractivity contribution in [2.75, 3.05) is 11.3 Å². The average molecular weight is 200 g/mol. The lowest BCUT2D eigenvalue weighted by Gasteiger charge is -2.12. The average Bonchev–Trinajstić information content (AvgIpc) is 2.08. The lowest BCUT2D eigenvalue weighted by molar-refractivity contribution is 0.342. The highest BCUT2D eigenvalue weighted by Gasteiger charge is 1.99. The van der Waals surface area contributed by atoms with Gasteiger partial charge in [0.15, 0.2) is 0 Å². The van der Waals surface area contributed by atoms with Crippen LogP contribution in [0.3, 0.4) is 0 Å². The van der Waals surface area contributed by atoms with E-state index in [-0.39, 0.29) is 0 Å². The third-order valence-corrected chi connectivity index (χ3v) is 1.77. The predicted molar refractivity (Wildman–Crippen MR) is 50.2 cm³/mol. The fourth-order valence-electron chi connectivity index (χ4n) is 0.922. The molecule has 1 aromatic carbocycles. The van der Waals surface area contributed by atoms with Crippen LogP contribution in [0.5, 0.6) is 5.75 Å². The first kappa shape index (κ1) is 10.0. The van der Waals surface area contributed by atoms with E-state index in [0.29, 0.717) is 18.0 Å². The third kappa shape index (κ3) is 3.04. The number of hydrogen-bond acceptors (Lipinski definition) is 3. The Morgan fingerprint density at radius 2 is 2.23 bits per heavy atom. The van der Waals surface area contributed by atoms with E-state index in [4.69, 9.17) is 4.74 Å². The summed E-state index contributed by atoms with van der Waals surface area (Å²) in [6, 6.07) is 6.86. The fourth-order valence-corrected chi connectivity index (χ4v) is 1.27. The lowest BCUT2D eigenvalue weighted by Crippen LogP contribution is -2.04. The molecule has 5 heteroatoms. The molecule has 1 atom stereocenters. The van der Waals surface area contributed by atoms with Gasteiger partial charge in [-0.25, -0.2) is 0 Å². The highest BCUT2D eigenvalue weighted by Crippen LogP contribution is 2.23. The van der Waals surface area contributed by atoms with E-state index in [1.807, 2.05) is 6.92 Å². The van der Waals surface area contributed by atoms with Crippen molar-refractivity contribution in [2.24, 2.45) is 0 Å². The number of ether oxygens (including phenoxy) is 1. The monoisotopic (exact) mass is 200 g/mol. The van der Waals surface area contributed by atoms with Crippen LogP contribution in [0.2, 0.25) is 0 Å². The molecule has 4 nitrogen and oxygen atoms in total. The van der Waals surface area contributed by atoms with E-state index >= 15 is 0 Å². The molecule has 0 aliphatic heterocycles. The predicted octanol–water partition coefficient (Wildman–Crippen LogP) is 1.29. The second kappa shape index (κ2) is 4.84. The Bertz CT molecular complexity index is 303. The molecule has 1 rings (SSSR count). The maximum atomic E-state index is 10.4. The van der Waals surface area contributed by atoms with Crippen molar-refractivity contribution in [3.05, 3.63) is 24.3 Å². The van der Waals surface area contributed by atoms with Crippen molar-refractivity contribution in [3.8, 4) is 5.75 Å². The molecule has 1 N–H and O–H groups in total. The zero-order valence-electron chi connectivity index (χ0n) is 7.15. The molecule has 0 bridgehead atoms. The standard InChI is InChI=1S/C8H11NO3S/c1-2-12-8-6-4-3-5-7(8)9-13(10)11/h3-6,9H,2H2,1H3,(H,10,11)/p-1. The largest absolute Gasteiger partial charge is 0.755 e. The zero-order chi connectivity index (χ0) is 9.68. The number of para-hydroxylation sites is 2. The van der Waals surface area contributed by atoms with Gasteiger partial charge >= 0.3 is 0 Å². The van der Waals surface area contributed by atoms with E-state index in [0.717, 1.165) is 0 Å². The molecular weight excluding hydrogens is 190 g/mol. The van der Waals surface area contributed by atoms with Crippen molar-refractivity contribution in [3.63, 3.8) is 0 Å². The summed E-state index contributed by atoms with van der Waals surface area (Å²) < 4.78 is 28.2. The molecule has 0 aliphatic rings. The number of benzene rings is 1. The first-order valence-electron chi connectivity index (χ1n) is 3.81. The Kier molecular flexibility index (Phi) is 3.72. The summed E-state index contributed by atoms with van der Waals surface area (Å²) in [5.74, 6) is 0.536. The van der Waals surface area contributed by atoms with Gasteiger partial charge in [-0.2, -0.15) is 0 Å². The first-order valence-corrected chi connectivity index (χ1v) is 4.89. The van der Waals surface area contributed by atoms with Crippen LogP contribution in [-0.4, -0.2) is 15.4 Å². The number of nitrogens with one attached hydrogen (secondary N) is 1. The van der Waals surface area contributed by atoms with E-state index in [2.05, 4.69) is 4.72 Å². The minimum atomic E-state index is -2.31. The first-order chi connectivity index (χ1) is 6.24. The van der Waals surface area contributed by atoms with Gasteiger partial charge in [0.2, 0.25) is 0 Å². The Hall–Kier alpha value is -1.07. The topological polar surface area (TPSA) is 61.4 Å². The van der Waals surface area contributed by atoms with E-state index in [9.17, 15) is 8.76 Å². The van der Waals surface area contributed by atoms with Crippen molar-refractivity contribution < 1.29 is 13.5 Å². The maximum Gasteiger partial charge on any atom is 0.143 e. The Morgan fingerprint density at radius 1 is 1.54 bits per heavy atom. The summed E-state index contributed by atoms with van der Waals surface area (Å²) in [4.78, 5) is 0. The molecular formula is C8H10NO3S-. The highest BCUT2D eigenvalue weighted by molar-refractivity contribution is 7.80. The van der Waals surface area contributed by atoms with Crippen LogP contribution in [0, 0.1) is 0 Å². The Balaban J connectivity index is 2.84. The fraction of sp³-hybridized carbons (Fsp3) is 0.250. The van der Waals surface area contributed by atoms with Gasteiger partial charge in [-0.1, -0.05) is 12.1 Å². The van der Waals surface area contributed by atoms with E-state index in [1.165, 1.54) is 0 Å². The molecule has 13 heavy (non-hydrogen) atoms. The molecule has 0 amide bonds. The summed E-state index contributed by atoms with van der Waals surface area (Å²) >= 11 is -2.31. The number of rotatable bonds is 4. The van der Waals surface area contributed by atoms with Gasteiger partial charge in [-0.15, -0.1) is 0 Å². The molecule has 72 valence electrons. The van der Waals surface area contributed by atoms with Crippen LogP contribution < -0.4 is 9.46 Å². The van der Waals surface area contributed by atoms with Crippen molar-refractivity contribution in [1.82, 2.24) is 0 Å². The second-order valence-electron chi connectivity index (χ2n) is 2.27. The van der Waals surface area contributed by atoms with Crippen LogP contribution in [-0.2, 0) is 11.3 Å². The third-order valence-electron chi connectivity index (χ3n) is 1.38. The summed E-state index contributed by atoms with van der Waals surface area (Å²) in [5, 5.41) is 0. The van der Waals surface area contributed by atoms with Crippen LogP contribution >= 0.6 is 0 Å². The highest BCUT2D eigenvalue weighted by atomic mass is 32.2. The molecule has 0 heterocycles. The van der Waals surface area contributed by atoms with Crippen molar-refractivity contribution in [2.45, 2.75) is 6.92 Å². The summed E-state index contributed by atoms with van der Waals surface area (Å²) in [6.07, 6.45) is 0. The summed E-state index contributed by atoms with van der Waals surface area (Å²) in [5.41, 5.74) is 0.456. The maximum absolute atomic E-state index is 10.4. The molecule has 0 aromatic heterocycles. The lowest BCUT2D eigenvalue weighted by atomic mass is 10.3. The number of hydrogen-bond donors (Lipinski definition) is 1. The molecule has 0 spiro atoms. The zero-order valence-corrected chi connectivity index (χ0v) is 7.97. The summed E-state index contributed by atoms with van der Waals surface area (Å²) in [7, 11) is 0. The van der Waals surface area contributed by atoms with Gasteiger partial charge in [0.25, 0.3) is 0 Å². The minimum absolute atomic E-state index is 0.456. The Morgan fingerprint density at radius 3 is 2.85 bits per heavy atom.